The van der Waals surface area contributed by atoms with Crippen molar-refractivity contribution in [2.24, 2.45) is 5.92 Å². The summed E-state index contributed by atoms with van der Waals surface area (Å²) in [5.41, 5.74) is 2.42. The first-order valence-corrected chi connectivity index (χ1v) is 9.02. The van der Waals surface area contributed by atoms with Crippen LogP contribution in [0.4, 0.5) is 11.4 Å². The van der Waals surface area contributed by atoms with Crippen molar-refractivity contribution >= 4 is 35.0 Å². The number of hydrogen-bond acceptors (Lipinski definition) is 3. The maximum absolute atomic E-state index is 12.8. The summed E-state index contributed by atoms with van der Waals surface area (Å²) in [5.74, 6) is 0.289. The minimum atomic E-state index is 0.0223. The summed E-state index contributed by atoms with van der Waals surface area (Å²) >= 11 is 1.58. The van der Waals surface area contributed by atoms with Crippen LogP contribution in [0.1, 0.15) is 30.1 Å². The molecule has 1 aliphatic heterocycles. The van der Waals surface area contributed by atoms with Gasteiger partial charge in [-0.3, -0.25) is 9.59 Å². The van der Waals surface area contributed by atoms with Gasteiger partial charge < -0.3 is 10.2 Å². The quantitative estimate of drug-likeness (QED) is 0.914. The fraction of sp³-hybridized carbons (Fsp3) is 0.263. The van der Waals surface area contributed by atoms with Gasteiger partial charge in [-0.15, -0.1) is 0 Å². The average Bonchev–Trinajstić information content (AvgIpc) is 3.42. The van der Waals surface area contributed by atoms with Crippen LogP contribution in [0.25, 0.3) is 0 Å². The van der Waals surface area contributed by atoms with Gasteiger partial charge in [-0.2, -0.15) is 0 Å². The number of nitrogens with one attached hydrogen (secondary N) is 1. The lowest BCUT2D eigenvalue weighted by molar-refractivity contribution is -0.117. The number of hydrogen-bond donors (Lipinski definition) is 1. The highest BCUT2D eigenvalue weighted by Crippen LogP contribution is 2.42. The molecule has 4 nitrogen and oxygen atoms in total. The van der Waals surface area contributed by atoms with E-state index >= 15 is 0 Å². The molecule has 0 spiro atoms. The molecule has 0 atom stereocenters. The summed E-state index contributed by atoms with van der Waals surface area (Å²) in [6, 6.07) is 13.5. The Morgan fingerprint density at radius 2 is 2.00 bits per heavy atom. The Bertz CT molecular complexity index is 830. The van der Waals surface area contributed by atoms with Gasteiger partial charge in [0, 0.05) is 27.9 Å². The molecule has 1 N–H and O–H groups in total. The molecule has 2 aromatic carbocycles. The number of amides is 2. The first kappa shape index (κ1) is 15.3. The summed E-state index contributed by atoms with van der Waals surface area (Å²) in [7, 11) is 0. The van der Waals surface area contributed by atoms with Crippen LogP contribution < -0.4 is 10.2 Å². The second-order valence-electron chi connectivity index (χ2n) is 6.09. The van der Waals surface area contributed by atoms with Crippen LogP contribution in [0, 0.1) is 5.92 Å². The number of fused-ring (bicyclic) bond motifs is 2. The zero-order valence-electron chi connectivity index (χ0n) is 13.4. The van der Waals surface area contributed by atoms with Crippen molar-refractivity contribution in [1.82, 2.24) is 0 Å². The largest absolute Gasteiger partial charge is 0.326 e. The van der Waals surface area contributed by atoms with Crippen molar-refractivity contribution in [1.29, 1.82) is 0 Å². The van der Waals surface area contributed by atoms with Gasteiger partial charge in [0.2, 0.25) is 5.91 Å². The lowest BCUT2D eigenvalue weighted by Crippen LogP contribution is -2.30. The first-order valence-electron chi connectivity index (χ1n) is 8.21. The van der Waals surface area contributed by atoms with Crippen molar-refractivity contribution in [2.45, 2.75) is 29.6 Å². The number of nitrogens with zero attached hydrogens (tertiary/aromatic N) is 1. The summed E-state index contributed by atoms with van der Waals surface area (Å²) < 4.78 is 0. The number of benzene rings is 2. The predicted molar refractivity (Wildman–Crippen MR) is 95.7 cm³/mol. The molecule has 122 valence electrons. The third-order valence-corrected chi connectivity index (χ3v) is 5.49. The fourth-order valence-corrected chi connectivity index (χ4v) is 4.02. The van der Waals surface area contributed by atoms with Crippen LogP contribution in [-0.4, -0.2) is 18.4 Å². The average molecular weight is 338 g/mol. The third-order valence-electron chi connectivity index (χ3n) is 4.37. The molecule has 1 saturated carbocycles. The van der Waals surface area contributed by atoms with Crippen molar-refractivity contribution < 1.29 is 9.59 Å². The second-order valence-corrected chi connectivity index (χ2v) is 7.18. The van der Waals surface area contributed by atoms with Gasteiger partial charge in [0.1, 0.15) is 0 Å². The standard InChI is InChI=1S/C19H18N2O2S/c1-2-21-15-10-9-13(20-18(22)12-7-8-12)11-17(15)24-16-6-4-3-5-14(16)19(21)23/h3-6,9-12H,2,7-8H2,1H3,(H,20,22). The van der Waals surface area contributed by atoms with Gasteiger partial charge in [0.05, 0.1) is 11.3 Å². The Balaban J connectivity index is 1.74. The highest BCUT2D eigenvalue weighted by atomic mass is 32.2. The molecule has 1 fully saturated rings. The summed E-state index contributed by atoms with van der Waals surface area (Å²) in [6.45, 7) is 2.58. The van der Waals surface area contributed by atoms with E-state index < -0.39 is 0 Å². The molecule has 5 heteroatoms. The van der Waals surface area contributed by atoms with Crippen LogP contribution in [0.15, 0.2) is 52.3 Å². The third kappa shape index (κ3) is 2.69. The normalized spacial score (nSPS) is 16.2. The molecular weight excluding hydrogens is 320 g/mol. The Labute approximate surface area is 145 Å². The van der Waals surface area contributed by atoms with E-state index in [2.05, 4.69) is 5.32 Å². The van der Waals surface area contributed by atoms with Gasteiger partial charge in [-0.25, -0.2) is 0 Å². The molecule has 1 aliphatic carbocycles. The summed E-state index contributed by atoms with van der Waals surface area (Å²) in [5, 5.41) is 2.99. The van der Waals surface area contributed by atoms with Gasteiger partial charge in [0.15, 0.2) is 0 Å². The van der Waals surface area contributed by atoms with E-state index in [-0.39, 0.29) is 17.7 Å². The molecule has 0 radical (unpaired) electrons. The van der Waals surface area contributed by atoms with Crippen LogP contribution in [0.2, 0.25) is 0 Å². The SMILES string of the molecule is CCN1C(=O)c2ccccc2Sc2cc(NC(=O)C3CC3)ccc21. The van der Waals surface area contributed by atoms with E-state index in [4.69, 9.17) is 0 Å². The Kier molecular flexibility index (Phi) is 3.81. The zero-order valence-corrected chi connectivity index (χ0v) is 14.2. The Morgan fingerprint density at radius 3 is 2.75 bits per heavy atom. The minimum absolute atomic E-state index is 0.0223. The van der Waals surface area contributed by atoms with E-state index in [0.717, 1.165) is 39.6 Å². The molecule has 1 heterocycles. The second kappa shape index (κ2) is 5.98. The Hall–Kier alpha value is -2.27. The molecule has 2 aromatic rings. The lowest BCUT2D eigenvalue weighted by Gasteiger charge is -2.21. The molecule has 24 heavy (non-hydrogen) atoms. The number of carbonyl (C=O) groups excluding carboxylic acids is 2. The maximum atomic E-state index is 12.8. The van der Waals surface area contributed by atoms with E-state index in [9.17, 15) is 9.59 Å². The van der Waals surface area contributed by atoms with Crippen LogP contribution in [0.3, 0.4) is 0 Å². The van der Waals surface area contributed by atoms with Crippen LogP contribution >= 0.6 is 11.8 Å². The monoisotopic (exact) mass is 338 g/mol. The maximum Gasteiger partial charge on any atom is 0.259 e. The van der Waals surface area contributed by atoms with E-state index in [0.29, 0.717) is 6.54 Å². The zero-order chi connectivity index (χ0) is 16.7. The number of carbonyl (C=O) groups is 2. The number of anilines is 2. The van der Waals surface area contributed by atoms with Gasteiger partial charge in [0.25, 0.3) is 5.91 Å². The molecule has 0 bridgehead atoms. The van der Waals surface area contributed by atoms with E-state index in [1.807, 2.05) is 49.4 Å². The topological polar surface area (TPSA) is 49.4 Å². The van der Waals surface area contributed by atoms with Crippen molar-refractivity contribution in [3.8, 4) is 0 Å². The molecule has 0 aromatic heterocycles. The van der Waals surface area contributed by atoms with Crippen molar-refractivity contribution in [3.63, 3.8) is 0 Å². The minimum Gasteiger partial charge on any atom is -0.326 e. The Morgan fingerprint density at radius 1 is 1.21 bits per heavy atom. The van der Waals surface area contributed by atoms with Gasteiger partial charge in [-0.05, 0) is 50.1 Å². The highest BCUT2D eigenvalue weighted by Gasteiger charge is 2.30. The molecule has 0 unspecified atom stereocenters. The smallest absolute Gasteiger partial charge is 0.259 e. The lowest BCUT2D eigenvalue weighted by atomic mass is 10.1. The molecule has 4 rings (SSSR count). The fourth-order valence-electron chi connectivity index (χ4n) is 2.91. The van der Waals surface area contributed by atoms with Gasteiger partial charge in [-0.1, -0.05) is 23.9 Å². The van der Waals surface area contributed by atoms with Crippen LogP contribution in [-0.2, 0) is 4.79 Å². The van der Waals surface area contributed by atoms with E-state index in [1.54, 1.807) is 16.7 Å². The van der Waals surface area contributed by atoms with Gasteiger partial charge >= 0.3 is 0 Å². The molecular formula is C19H18N2O2S. The molecule has 2 aliphatic rings. The van der Waals surface area contributed by atoms with Crippen molar-refractivity contribution in [2.75, 3.05) is 16.8 Å². The molecule has 0 saturated heterocycles. The summed E-state index contributed by atoms with van der Waals surface area (Å²) in [4.78, 5) is 28.6. The van der Waals surface area contributed by atoms with E-state index in [1.165, 1.54) is 0 Å². The van der Waals surface area contributed by atoms with Crippen molar-refractivity contribution in [3.05, 3.63) is 48.0 Å². The predicted octanol–water partition coefficient (Wildman–Crippen LogP) is 4.17. The van der Waals surface area contributed by atoms with Crippen LogP contribution in [0.5, 0.6) is 0 Å². The summed E-state index contributed by atoms with van der Waals surface area (Å²) in [6.07, 6.45) is 1.97. The highest BCUT2D eigenvalue weighted by molar-refractivity contribution is 7.99. The first-order chi connectivity index (χ1) is 11.7. The molecule has 2 amide bonds. The number of rotatable bonds is 3.